The topological polar surface area (TPSA) is 78.5 Å². The van der Waals surface area contributed by atoms with E-state index in [-0.39, 0.29) is 32.4 Å². The maximum atomic E-state index is 12.7. The number of amides is 3. The Kier molecular flexibility index (Phi) is 12.4. The number of hydrogen-bond donors (Lipinski definition) is 2. The van der Waals surface area contributed by atoms with Gasteiger partial charge in [0.25, 0.3) is 0 Å². The SMILES string of the molecule is O=C(NCCCCCCCCN(CCCNC(=O)C(F)(F)F)C(=O)C(F)(F)F)C(F)(F)F. The summed E-state index contributed by atoms with van der Waals surface area (Å²) in [5, 5.41) is 3.20. The molecule has 6 nitrogen and oxygen atoms in total. The molecule has 32 heavy (non-hydrogen) atoms. The average Bonchev–Trinajstić information content (AvgIpc) is 2.64. The fourth-order valence-corrected chi connectivity index (χ4v) is 2.50. The Balaban J connectivity index is 4.17. The van der Waals surface area contributed by atoms with Crippen molar-refractivity contribution in [1.82, 2.24) is 15.5 Å². The van der Waals surface area contributed by atoms with E-state index in [1.807, 2.05) is 0 Å². The van der Waals surface area contributed by atoms with Crippen LogP contribution in [-0.4, -0.2) is 67.3 Å². The molecule has 15 heteroatoms. The van der Waals surface area contributed by atoms with Gasteiger partial charge >= 0.3 is 36.3 Å². The predicted octanol–water partition coefficient (Wildman–Crippen LogP) is 3.47. The molecule has 2 N–H and O–H groups in total. The van der Waals surface area contributed by atoms with Gasteiger partial charge in [0.15, 0.2) is 0 Å². The number of alkyl halides is 9. The second-order valence-corrected chi connectivity index (χ2v) is 6.77. The van der Waals surface area contributed by atoms with Gasteiger partial charge in [-0.25, -0.2) is 0 Å². The van der Waals surface area contributed by atoms with Gasteiger partial charge in [-0.2, -0.15) is 39.5 Å². The average molecular weight is 489 g/mol. The van der Waals surface area contributed by atoms with Crippen molar-refractivity contribution >= 4 is 17.7 Å². The molecule has 3 amide bonds. The molecule has 0 unspecified atom stereocenters. The van der Waals surface area contributed by atoms with Crippen LogP contribution in [0, 0.1) is 0 Å². The number of hydrogen-bond acceptors (Lipinski definition) is 3. The highest BCUT2D eigenvalue weighted by molar-refractivity contribution is 5.82. The molecule has 0 rings (SSSR count). The third-order valence-corrected chi connectivity index (χ3v) is 4.08. The summed E-state index contributed by atoms with van der Waals surface area (Å²) in [6, 6.07) is 0. The Hall–Kier alpha value is -2.22. The molecular weight excluding hydrogens is 465 g/mol. The summed E-state index contributed by atoms with van der Waals surface area (Å²) in [6.07, 6.45) is -13.2. The predicted molar refractivity (Wildman–Crippen MR) is 93.1 cm³/mol. The molecule has 0 aliphatic rings. The third-order valence-electron chi connectivity index (χ3n) is 4.08. The zero-order valence-electron chi connectivity index (χ0n) is 16.9. The lowest BCUT2D eigenvalue weighted by molar-refractivity contribution is -0.185. The number of halogens is 9. The highest BCUT2D eigenvalue weighted by Gasteiger charge is 2.42. The van der Waals surface area contributed by atoms with E-state index in [1.54, 1.807) is 5.32 Å². The van der Waals surface area contributed by atoms with E-state index < -0.39 is 49.3 Å². The summed E-state index contributed by atoms with van der Waals surface area (Å²) < 4.78 is 110. The van der Waals surface area contributed by atoms with Crippen molar-refractivity contribution in [2.75, 3.05) is 26.2 Å². The first kappa shape index (κ1) is 29.8. The molecule has 0 fully saturated rings. The maximum absolute atomic E-state index is 12.7. The summed E-state index contributed by atoms with van der Waals surface area (Å²) in [5.74, 6) is -6.41. The molecule has 0 atom stereocenters. The lowest BCUT2D eigenvalue weighted by Crippen LogP contribution is -2.43. The van der Waals surface area contributed by atoms with Gasteiger partial charge < -0.3 is 15.5 Å². The van der Waals surface area contributed by atoms with Crippen LogP contribution in [0.3, 0.4) is 0 Å². The number of nitrogens with one attached hydrogen (secondary N) is 2. The fourth-order valence-electron chi connectivity index (χ4n) is 2.50. The highest BCUT2D eigenvalue weighted by atomic mass is 19.4. The summed E-state index contributed by atoms with van der Waals surface area (Å²) in [6.45, 7) is -1.54. The molecule has 0 aliphatic heterocycles. The zero-order chi connectivity index (χ0) is 25.0. The first-order valence-electron chi connectivity index (χ1n) is 9.63. The molecular formula is C17H24F9N3O3. The van der Waals surface area contributed by atoms with Gasteiger partial charge in [0.1, 0.15) is 0 Å². The van der Waals surface area contributed by atoms with Gasteiger partial charge in [-0.1, -0.05) is 25.7 Å². The molecule has 0 radical (unpaired) electrons. The molecule has 0 aromatic rings. The van der Waals surface area contributed by atoms with Crippen LogP contribution in [0.5, 0.6) is 0 Å². The van der Waals surface area contributed by atoms with Crippen LogP contribution in [0.2, 0.25) is 0 Å². The smallest absolute Gasteiger partial charge is 0.348 e. The van der Waals surface area contributed by atoms with Crippen LogP contribution < -0.4 is 10.6 Å². The van der Waals surface area contributed by atoms with Crippen LogP contribution in [0.1, 0.15) is 44.9 Å². The van der Waals surface area contributed by atoms with Gasteiger partial charge in [-0.05, 0) is 19.3 Å². The monoisotopic (exact) mass is 489 g/mol. The van der Waals surface area contributed by atoms with Gasteiger partial charge in [-0.3, -0.25) is 14.4 Å². The Morgan fingerprint density at radius 1 is 0.531 bits per heavy atom. The van der Waals surface area contributed by atoms with Crippen molar-refractivity contribution in [2.45, 2.75) is 63.5 Å². The molecule has 0 aromatic carbocycles. The van der Waals surface area contributed by atoms with Gasteiger partial charge in [0.05, 0.1) is 0 Å². The number of rotatable bonds is 13. The minimum atomic E-state index is -5.16. The minimum Gasteiger partial charge on any atom is -0.348 e. The molecule has 188 valence electrons. The summed E-state index contributed by atoms with van der Waals surface area (Å²) >= 11 is 0. The first-order chi connectivity index (χ1) is 14.6. The van der Waals surface area contributed by atoms with Crippen LogP contribution in [0.4, 0.5) is 39.5 Å². The molecule has 0 aliphatic carbocycles. The van der Waals surface area contributed by atoms with E-state index in [1.165, 1.54) is 5.32 Å². The van der Waals surface area contributed by atoms with E-state index in [0.29, 0.717) is 30.6 Å². The minimum absolute atomic E-state index is 0.168. The van der Waals surface area contributed by atoms with Crippen LogP contribution >= 0.6 is 0 Å². The Morgan fingerprint density at radius 2 is 0.906 bits per heavy atom. The van der Waals surface area contributed by atoms with Crippen molar-refractivity contribution in [3.63, 3.8) is 0 Å². The van der Waals surface area contributed by atoms with Crippen molar-refractivity contribution in [3.8, 4) is 0 Å². The van der Waals surface area contributed by atoms with Crippen molar-refractivity contribution in [2.24, 2.45) is 0 Å². The van der Waals surface area contributed by atoms with Crippen LogP contribution in [0.15, 0.2) is 0 Å². The molecule has 0 bridgehead atoms. The van der Waals surface area contributed by atoms with Crippen molar-refractivity contribution < 1.29 is 53.9 Å². The zero-order valence-corrected chi connectivity index (χ0v) is 16.9. The van der Waals surface area contributed by atoms with E-state index in [2.05, 4.69) is 0 Å². The number of carbonyl (C=O) groups is 3. The number of unbranched alkanes of at least 4 members (excludes halogenated alkanes) is 5. The number of carbonyl (C=O) groups excluding carboxylic acids is 3. The Labute approximate surface area is 177 Å². The first-order valence-corrected chi connectivity index (χ1v) is 9.63. The highest BCUT2D eigenvalue weighted by Crippen LogP contribution is 2.20. The normalized spacial score (nSPS) is 12.4. The summed E-state index contributed by atoms with van der Waals surface area (Å²) in [5.41, 5.74) is 0. The fraction of sp³-hybridized carbons (Fsp3) is 0.824. The van der Waals surface area contributed by atoms with E-state index in [4.69, 9.17) is 0 Å². The van der Waals surface area contributed by atoms with Crippen LogP contribution in [0.25, 0.3) is 0 Å². The van der Waals surface area contributed by atoms with E-state index in [0.717, 1.165) is 0 Å². The second-order valence-electron chi connectivity index (χ2n) is 6.77. The van der Waals surface area contributed by atoms with Gasteiger partial charge in [0, 0.05) is 26.2 Å². The number of nitrogens with zero attached hydrogens (tertiary/aromatic N) is 1. The molecule has 0 aromatic heterocycles. The molecule has 0 spiro atoms. The maximum Gasteiger partial charge on any atom is 0.471 e. The van der Waals surface area contributed by atoms with Crippen molar-refractivity contribution in [3.05, 3.63) is 0 Å². The summed E-state index contributed by atoms with van der Waals surface area (Å²) in [4.78, 5) is 33.1. The Morgan fingerprint density at radius 3 is 1.34 bits per heavy atom. The van der Waals surface area contributed by atoms with Crippen molar-refractivity contribution in [1.29, 1.82) is 0 Å². The van der Waals surface area contributed by atoms with E-state index in [9.17, 15) is 53.9 Å². The molecule has 0 heterocycles. The summed E-state index contributed by atoms with van der Waals surface area (Å²) in [7, 11) is 0. The second kappa shape index (κ2) is 13.4. The van der Waals surface area contributed by atoms with Gasteiger partial charge in [0.2, 0.25) is 0 Å². The Bertz CT molecular complexity index is 605. The van der Waals surface area contributed by atoms with Gasteiger partial charge in [-0.15, -0.1) is 0 Å². The van der Waals surface area contributed by atoms with E-state index >= 15 is 0 Å². The third kappa shape index (κ3) is 13.2. The molecule has 0 saturated heterocycles. The van der Waals surface area contributed by atoms with Crippen LogP contribution in [-0.2, 0) is 14.4 Å². The molecule has 0 saturated carbocycles. The largest absolute Gasteiger partial charge is 0.471 e. The quantitative estimate of drug-likeness (QED) is 0.307. The lowest BCUT2D eigenvalue weighted by Gasteiger charge is -2.24. The standard InChI is InChI=1S/C17H24F9N3O3/c18-15(19,20)12(30)27-8-5-3-1-2-4-6-10-29(14(32)17(24,25)26)11-7-9-28-13(31)16(21,22)23/h1-11H2,(H,27,30)(H,28,31). The lowest BCUT2D eigenvalue weighted by atomic mass is 10.1.